The van der Waals surface area contributed by atoms with Gasteiger partial charge >= 0.3 is 0 Å². The molecule has 2 rings (SSSR count). The molecule has 0 bridgehead atoms. The fourth-order valence-electron chi connectivity index (χ4n) is 3.17. The summed E-state index contributed by atoms with van der Waals surface area (Å²) in [5.41, 5.74) is 9.41. The first-order valence-corrected chi connectivity index (χ1v) is 8.72. The molecule has 0 unspecified atom stereocenters. The fraction of sp³-hybridized carbons (Fsp3) is 0.348. The highest BCUT2D eigenvalue weighted by Gasteiger charge is 2.16. The van der Waals surface area contributed by atoms with E-state index >= 15 is 0 Å². The van der Waals surface area contributed by atoms with E-state index in [-0.39, 0.29) is 5.78 Å². The summed E-state index contributed by atoms with van der Waals surface area (Å²) in [5.74, 6) is 0.112. The van der Waals surface area contributed by atoms with Gasteiger partial charge < -0.3 is 0 Å². The Morgan fingerprint density at radius 3 is 1.75 bits per heavy atom. The van der Waals surface area contributed by atoms with Crippen LogP contribution in [0.5, 0.6) is 0 Å². The van der Waals surface area contributed by atoms with Gasteiger partial charge in [0.1, 0.15) is 0 Å². The lowest BCUT2D eigenvalue weighted by Crippen LogP contribution is -2.07. The molecule has 0 aliphatic heterocycles. The van der Waals surface area contributed by atoms with Crippen molar-refractivity contribution in [3.8, 4) is 0 Å². The summed E-state index contributed by atoms with van der Waals surface area (Å²) < 4.78 is 0. The van der Waals surface area contributed by atoms with Crippen molar-refractivity contribution >= 4 is 5.78 Å². The largest absolute Gasteiger partial charge is 0.289 e. The van der Waals surface area contributed by atoms with Crippen molar-refractivity contribution in [2.75, 3.05) is 0 Å². The Labute approximate surface area is 146 Å². The summed E-state index contributed by atoms with van der Waals surface area (Å²) in [7, 11) is 0. The monoisotopic (exact) mass is 320 g/mol. The van der Waals surface area contributed by atoms with Gasteiger partial charge in [0.15, 0.2) is 5.78 Å². The van der Waals surface area contributed by atoms with Gasteiger partial charge in [-0.25, -0.2) is 0 Å². The number of carbonyl (C=O) groups is 1. The highest BCUT2D eigenvalue weighted by molar-refractivity contribution is 6.07. The molecule has 0 saturated heterocycles. The van der Waals surface area contributed by atoms with Gasteiger partial charge in [-0.3, -0.25) is 4.79 Å². The third kappa shape index (κ3) is 3.67. The minimum Gasteiger partial charge on any atom is -0.289 e. The van der Waals surface area contributed by atoms with Crippen molar-refractivity contribution in [3.05, 3.63) is 80.9 Å². The molecule has 0 N–H and O–H groups in total. The highest BCUT2D eigenvalue weighted by Crippen LogP contribution is 2.26. The van der Waals surface area contributed by atoms with E-state index in [1.807, 2.05) is 6.08 Å². The molecule has 0 spiro atoms. The normalized spacial score (nSPS) is 11.2. The van der Waals surface area contributed by atoms with Crippen LogP contribution in [0.15, 0.2) is 36.4 Å². The summed E-state index contributed by atoms with van der Waals surface area (Å²) in [6.07, 6.45) is 5.56. The molecule has 0 fully saturated rings. The summed E-state index contributed by atoms with van der Waals surface area (Å²) in [6.45, 7) is 12.6. The maximum Gasteiger partial charge on any atom is 0.186 e. The van der Waals surface area contributed by atoms with E-state index in [2.05, 4.69) is 65.8 Å². The molecular formula is C23H28O. The summed E-state index contributed by atoms with van der Waals surface area (Å²) >= 11 is 0. The SMILES string of the molecule is CCc1ccc(C/C=C/C(=O)c2c(C)c(C)c(C)c(C)c2C)cc1. The molecule has 126 valence electrons. The lowest BCUT2D eigenvalue weighted by atomic mass is 9.87. The smallest absolute Gasteiger partial charge is 0.186 e. The number of carbonyl (C=O) groups excluding carboxylic acids is 1. The molecule has 0 saturated carbocycles. The van der Waals surface area contributed by atoms with Crippen LogP contribution in [-0.2, 0) is 12.8 Å². The average Bonchev–Trinajstić information content (AvgIpc) is 2.59. The van der Waals surface area contributed by atoms with Crippen molar-refractivity contribution < 1.29 is 4.79 Å². The van der Waals surface area contributed by atoms with E-state index in [0.717, 1.165) is 29.5 Å². The Bertz CT molecular complexity index is 748. The van der Waals surface area contributed by atoms with Gasteiger partial charge in [0, 0.05) is 5.56 Å². The van der Waals surface area contributed by atoms with E-state index in [0.29, 0.717) is 0 Å². The number of hydrogen-bond donors (Lipinski definition) is 0. The second kappa shape index (κ2) is 7.61. The third-order valence-corrected chi connectivity index (χ3v) is 5.30. The van der Waals surface area contributed by atoms with E-state index in [9.17, 15) is 4.79 Å². The fourth-order valence-corrected chi connectivity index (χ4v) is 3.17. The van der Waals surface area contributed by atoms with Gasteiger partial charge in [-0.15, -0.1) is 0 Å². The summed E-state index contributed by atoms with van der Waals surface area (Å²) in [5, 5.41) is 0. The average molecular weight is 320 g/mol. The second-order valence-electron chi connectivity index (χ2n) is 6.64. The summed E-state index contributed by atoms with van der Waals surface area (Å²) in [4.78, 5) is 12.7. The molecular weight excluding hydrogens is 292 g/mol. The van der Waals surface area contributed by atoms with Crippen LogP contribution in [0.25, 0.3) is 0 Å². The zero-order valence-electron chi connectivity index (χ0n) is 15.8. The van der Waals surface area contributed by atoms with E-state index in [1.54, 1.807) is 6.08 Å². The lowest BCUT2D eigenvalue weighted by Gasteiger charge is -2.16. The Kier molecular flexibility index (Phi) is 5.77. The van der Waals surface area contributed by atoms with Gasteiger partial charge in [0.05, 0.1) is 0 Å². The maximum atomic E-state index is 12.7. The van der Waals surface area contributed by atoms with Crippen LogP contribution in [0, 0.1) is 34.6 Å². The quantitative estimate of drug-likeness (QED) is 0.504. The number of ketones is 1. The van der Waals surface area contributed by atoms with E-state index < -0.39 is 0 Å². The number of hydrogen-bond acceptors (Lipinski definition) is 1. The Morgan fingerprint density at radius 1 is 0.792 bits per heavy atom. The Balaban J connectivity index is 2.20. The van der Waals surface area contributed by atoms with Gasteiger partial charge in [0.25, 0.3) is 0 Å². The molecule has 0 atom stereocenters. The maximum absolute atomic E-state index is 12.7. The predicted octanol–water partition coefficient (Wildman–Crippen LogP) is 5.77. The molecule has 0 radical (unpaired) electrons. The van der Waals surface area contributed by atoms with Crippen LogP contribution < -0.4 is 0 Å². The Morgan fingerprint density at radius 2 is 1.25 bits per heavy atom. The van der Waals surface area contributed by atoms with Crippen LogP contribution >= 0.6 is 0 Å². The predicted molar refractivity (Wildman–Crippen MR) is 103 cm³/mol. The first kappa shape index (κ1) is 18.2. The van der Waals surface area contributed by atoms with Crippen LogP contribution in [-0.4, -0.2) is 5.78 Å². The number of rotatable bonds is 5. The summed E-state index contributed by atoms with van der Waals surface area (Å²) in [6, 6.07) is 8.60. The molecule has 0 amide bonds. The topological polar surface area (TPSA) is 17.1 Å². The van der Waals surface area contributed by atoms with Crippen molar-refractivity contribution in [2.45, 2.75) is 54.4 Å². The van der Waals surface area contributed by atoms with Crippen molar-refractivity contribution in [3.63, 3.8) is 0 Å². The Hall–Kier alpha value is -2.15. The van der Waals surface area contributed by atoms with Gasteiger partial charge in [-0.1, -0.05) is 37.3 Å². The first-order valence-electron chi connectivity index (χ1n) is 8.72. The van der Waals surface area contributed by atoms with Crippen molar-refractivity contribution in [1.29, 1.82) is 0 Å². The minimum atomic E-state index is 0.112. The van der Waals surface area contributed by atoms with E-state index in [1.165, 1.54) is 27.8 Å². The molecule has 1 heteroatoms. The van der Waals surface area contributed by atoms with Crippen LogP contribution in [0.1, 0.15) is 56.2 Å². The molecule has 2 aromatic rings. The standard InChI is InChI=1S/C23H28O/c1-7-20-11-13-21(14-12-20)9-8-10-22(24)23-18(5)16(3)15(2)17(4)19(23)6/h8,10-14H,7,9H2,1-6H3/b10-8+. The van der Waals surface area contributed by atoms with Crippen LogP contribution in [0.4, 0.5) is 0 Å². The van der Waals surface area contributed by atoms with Gasteiger partial charge in [-0.05, 0) is 92.5 Å². The molecule has 24 heavy (non-hydrogen) atoms. The van der Waals surface area contributed by atoms with E-state index in [4.69, 9.17) is 0 Å². The number of benzene rings is 2. The first-order chi connectivity index (χ1) is 11.4. The lowest BCUT2D eigenvalue weighted by molar-refractivity contribution is 0.104. The number of allylic oxidation sites excluding steroid dienone is 2. The highest BCUT2D eigenvalue weighted by atomic mass is 16.1. The molecule has 2 aromatic carbocycles. The van der Waals surface area contributed by atoms with Gasteiger partial charge in [0.2, 0.25) is 0 Å². The van der Waals surface area contributed by atoms with Gasteiger partial charge in [-0.2, -0.15) is 0 Å². The van der Waals surface area contributed by atoms with Crippen LogP contribution in [0.3, 0.4) is 0 Å². The molecule has 0 aliphatic carbocycles. The molecule has 0 aromatic heterocycles. The molecule has 0 aliphatic rings. The molecule has 0 heterocycles. The second-order valence-corrected chi connectivity index (χ2v) is 6.64. The minimum absolute atomic E-state index is 0.112. The molecule has 1 nitrogen and oxygen atoms in total. The third-order valence-electron chi connectivity index (χ3n) is 5.30. The van der Waals surface area contributed by atoms with Crippen molar-refractivity contribution in [2.24, 2.45) is 0 Å². The number of aryl methyl sites for hydroxylation is 1. The zero-order chi connectivity index (χ0) is 17.9. The van der Waals surface area contributed by atoms with Crippen LogP contribution in [0.2, 0.25) is 0 Å². The zero-order valence-corrected chi connectivity index (χ0v) is 15.8. The van der Waals surface area contributed by atoms with Crippen molar-refractivity contribution in [1.82, 2.24) is 0 Å².